The van der Waals surface area contributed by atoms with Gasteiger partial charge in [0.1, 0.15) is 23.7 Å². The van der Waals surface area contributed by atoms with Gasteiger partial charge in [-0.25, -0.2) is 0 Å². The van der Waals surface area contributed by atoms with E-state index in [1.807, 2.05) is 13.8 Å². The summed E-state index contributed by atoms with van der Waals surface area (Å²) in [5, 5.41) is 0. The van der Waals surface area contributed by atoms with Gasteiger partial charge >= 0.3 is 0 Å². The molecule has 1 aliphatic rings. The lowest BCUT2D eigenvalue weighted by Gasteiger charge is -2.31. The number of rotatable bonds is 3. The molecular weight excluding hydrogens is 296 g/mol. The normalized spacial score (nSPS) is 16.7. The lowest BCUT2D eigenvalue weighted by Crippen LogP contribution is -2.35. The van der Waals surface area contributed by atoms with Crippen molar-refractivity contribution in [3.8, 4) is 11.5 Å². The number of hydrogen-bond acceptors (Lipinski definition) is 3. The zero-order valence-electron chi connectivity index (χ0n) is 10.5. The van der Waals surface area contributed by atoms with Crippen molar-refractivity contribution in [1.29, 1.82) is 0 Å². The smallest absolute Gasteiger partial charge is 0.170 e. The molecule has 0 unspecified atom stereocenters. The van der Waals surface area contributed by atoms with Gasteiger partial charge in [-0.2, -0.15) is 0 Å². The molecule has 0 aliphatic carbocycles. The molecule has 1 aromatic carbocycles. The average molecular weight is 311 g/mol. The van der Waals surface area contributed by atoms with E-state index < -0.39 is 5.60 Å². The summed E-state index contributed by atoms with van der Waals surface area (Å²) >= 11 is 3.23. The molecule has 0 spiro atoms. The van der Waals surface area contributed by atoms with Crippen molar-refractivity contribution in [2.75, 3.05) is 6.61 Å². The fourth-order valence-corrected chi connectivity index (χ4v) is 2.00. The van der Waals surface area contributed by atoms with Crippen molar-refractivity contribution >= 4 is 21.7 Å². The molecule has 0 radical (unpaired) electrons. The van der Waals surface area contributed by atoms with Gasteiger partial charge in [-0.3, -0.25) is 4.79 Å². The zero-order valence-corrected chi connectivity index (χ0v) is 12.0. The first-order valence-electron chi connectivity index (χ1n) is 5.70. The Bertz CT molecular complexity index is 506. The van der Waals surface area contributed by atoms with E-state index in [0.717, 1.165) is 4.48 Å². The van der Waals surface area contributed by atoms with Gasteiger partial charge in [-0.1, -0.05) is 22.5 Å². The number of carbonyl (C=O) groups is 1. The van der Waals surface area contributed by atoms with Crippen molar-refractivity contribution in [2.45, 2.75) is 25.9 Å². The molecule has 1 aromatic rings. The van der Waals surface area contributed by atoms with Crippen LogP contribution in [0.5, 0.6) is 11.5 Å². The van der Waals surface area contributed by atoms with Crippen LogP contribution in [-0.2, 0) is 0 Å². The van der Waals surface area contributed by atoms with Crippen molar-refractivity contribution in [3.63, 3.8) is 0 Å². The van der Waals surface area contributed by atoms with Gasteiger partial charge in [0.25, 0.3) is 0 Å². The highest BCUT2D eigenvalue weighted by Gasteiger charge is 2.32. The minimum atomic E-state index is -0.457. The first-order valence-corrected chi connectivity index (χ1v) is 6.49. The zero-order chi connectivity index (χ0) is 13.3. The Morgan fingerprint density at radius 3 is 2.94 bits per heavy atom. The van der Waals surface area contributed by atoms with Gasteiger partial charge in [0.15, 0.2) is 5.78 Å². The maximum atomic E-state index is 11.9. The van der Waals surface area contributed by atoms with Crippen LogP contribution in [0.2, 0.25) is 0 Å². The molecule has 3 nitrogen and oxygen atoms in total. The summed E-state index contributed by atoms with van der Waals surface area (Å²) in [5.41, 5.74) is 0.168. The molecule has 0 aromatic heterocycles. The lowest BCUT2D eigenvalue weighted by atomic mass is 9.93. The SMILES string of the molecule is C=C(Br)COc1ccc2c(c1)OC(C)(C)CC2=O. The van der Waals surface area contributed by atoms with Gasteiger partial charge in [0.05, 0.1) is 12.0 Å². The Kier molecular flexibility index (Phi) is 3.48. The van der Waals surface area contributed by atoms with Gasteiger partial charge in [-0.05, 0) is 26.0 Å². The van der Waals surface area contributed by atoms with E-state index >= 15 is 0 Å². The monoisotopic (exact) mass is 310 g/mol. The quantitative estimate of drug-likeness (QED) is 0.853. The summed E-state index contributed by atoms with van der Waals surface area (Å²) in [4.78, 5) is 11.9. The molecule has 18 heavy (non-hydrogen) atoms. The Morgan fingerprint density at radius 2 is 2.28 bits per heavy atom. The van der Waals surface area contributed by atoms with Crippen molar-refractivity contribution in [3.05, 3.63) is 34.8 Å². The Morgan fingerprint density at radius 1 is 1.56 bits per heavy atom. The number of benzene rings is 1. The molecule has 1 heterocycles. The molecule has 0 N–H and O–H groups in total. The molecule has 2 rings (SSSR count). The van der Waals surface area contributed by atoms with Gasteiger partial charge < -0.3 is 9.47 Å². The molecular formula is C14H15BrO3. The fraction of sp³-hybridized carbons (Fsp3) is 0.357. The van der Waals surface area contributed by atoms with Crippen LogP contribution < -0.4 is 9.47 Å². The van der Waals surface area contributed by atoms with Crippen LogP contribution in [0.1, 0.15) is 30.6 Å². The summed E-state index contributed by atoms with van der Waals surface area (Å²) in [6.07, 6.45) is 0.401. The molecule has 1 aliphatic heterocycles. The lowest BCUT2D eigenvalue weighted by molar-refractivity contribution is 0.0618. The van der Waals surface area contributed by atoms with E-state index in [-0.39, 0.29) is 5.78 Å². The minimum absolute atomic E-state index is 0.109. The second kappa shape index (κ2) is 4.76. The summed E-state index contributed by atoms with van der Waals surface area (Å²) in [7, 11) is 0. The van der Waals surface area contributed by atoms with Gasteiger partial charge in [-0.15, -0.1) is 0 Å². The van der Waals surface area contributed by atoms with E-state index in [1.54, 1.807) is 18.2 Å². The number of carbonyl (C=O) groups excluding carboxylic acids is 1. The van der Waals surface area contributed by atoms with E-state index in [0.29, 0.717) is 30.1 Å². The minimum Gasteiger partial charge on any atom is -0.488 e. The van der Waals surface area contributed by atoms with E-state index in [1.165, 1.54) is 0 Å². The first kappa shape index (κ1) is 13.1. The summed E-state index contributed by atoms with van der Waals surface area (Å²) in [6, 6.07) is 5.28. The molecule has 0 saturated heterocycles. The van der Waals surface area contributed by atoms with Crippen molar-refractivity contribution in [1.82, 2.24) is 0 Å². The van der Waals surface area contributed by atoms with Crippen LogP contribution in [-0.4, -0.2) is 18.0 Å². The standard InChI is InChI=1S/C14H15BrO3/c1-9(15)8-17-10-4-5-11-12(16)7-14(2,3)18-13(11)6-10/h4-6H,1,7-8H2,2-3H3. The third kappa shape index (κ3) is 2.93. The number of Topliss-reactive ketones (excluding diaryl/α,β-unsaturated/α-hetero) is 1. The maximum absolute atomic E-state index is 11.9. The second-order valence-electron chi connectivity index (χ2n) is 4.93. The van der Waals surface area contributed by atoms with Crippen LogP contribution in [0.15, 0.2) is 29.3 Å². The number of ether oxygens (including phenoxy) is 2. The van der Waals surface area contributed by atoms with Gasteiger partial charge in [0, 0.05) is 10.5 Å². The highest BCUT2D eigenvalue weighted by molar-refractivity contribution is 9.11. The average Bonchev–Trinajstić information content (AvgIpc) is 2.24. The van der Waals surface area contributed by atoms with Crippen LogP contribution in [0.25, 0.3) is 0 Å². The van der Waals surface area contributed by atoms with Crippen molar-refractivity contribution in [2.24, 2.45) is 0 Å². The number of halogens is 1. The molecule has 0 atom stereocenters. The number of ketones is 1. The Balaban J connectivity index is 2.26. The summed E-state index contributed by atoms with van der Waals surface area (Å²) in [5.74, 6) is 1.37. The molecule has 96 valence electrons. The highest BCUT2D eigenvalue weighted by Crippen LogP contribution is 2.35. The number of hydrogen-bond donors (Lipinski definition) is 0. The van der Waals surface area contributed by atoms with Gasteiger partial charge in [0.2, 0.25) is 0 Å². The molecule has 0 saturated carbocycles. The topological polar surface area (TPSA) is 35.5 Å². The summed E-state index contributed by atoms with van der Waals surface area (Å²) in [6.45, 7) is 7.89. The molecule has 0 amide bonds. The highest BCUT2D eigenvalue weighted by atomic mass is 79.9. The van der Waals surface area contributed by atoms with Crippen LogP contribution in [0.3, 0.4) is 0 Å². The predicted octanol–water partition coefficient (Wildman–Crippen LogP) is 3.72. The van der Waals surface area contributed by atoms with Crippen LogP contribution in [0, 0.1) is 0 Å². The van der Waals surface area contributed by atoms with E-state index in [9.17, 15) is 4.79 Å². The molecule has 0 bridgehead atoms. The van der Waals surface area contributed by atoms with E-state index in [2.05, 4.69) is 22.5 Å². The molecule has 0 fully saturated rings. The second-order valence-corrected chi connectivity index (χ2v) is 6.05. The van der Waals surface area contributed by atoms with Crippen molar-refractivity contribution < 1.29 is 14.3 Å². The van der Waals surface area contributed by atoms with Crippen LogP contribution >= 0.6 is 15.9 Å². The Hall–Kier alpha value is -1.29. The first-order chi connectivity index (χ1) is 8.37. The third-order valence-electron chi connectivity index (χ3n) is 2.62. The fourth-order valence-electron chi connectivity index (χ4n) is 1.88. The Labute approximate surface area is 115 Å². The third-order valence-corrected chi connectivity index (χ3v) is 2.85. The van der Waals surface area contributed by atoms with Crippen LogP contribution in [0.4, 0.5) is 0 Å². The number of fused-ring (bicyclic) bond motifs is 1. The maximum Gasteiger partial charge on any atom is 0.170 e. The molecule has 4 heteroatoms. The predicted molar refractivity (Wildman–Crippen MR) is 73.7 cm³/mol. The largest absolute Gasteiger partial charge is 0.488 e. The summed E-state index contributed by atoms with van der Waals surface area (Å²) < 4.78 is 12.1. The van der Waals surface area contributed by atoms with E-state index in [4.69, 9.17) is 9.47 Å².